The molecule has 0 fully saturated rings. The molecular formula is C16H13FN6. The number of benzene rings is 2. The molecule has 0 amide bonds. The smallest absolute Gasteiger partial charge is 0.231 e. The van der Waals surface area contributed by atoms with E-state index < -0.39 is 6.17 Å². The van der Waals surface area contributed by atoms with Crippen LogP contribution in [0.2, 0.25) is 0 Å². The van der Waals surface area contributed by atoms with E-state index in [-0.39, 0.29) is 11.8 Å². The summed E-state index contributed by atoms with van der Waals surface area (Å²) in [6, 6.07) is 15.7. The van der Waals surface area contributed by atoms with Crippen LogP contribution in [0.15, 0.2) is 59.6 Å². The van der Waals surface area contributed by atoms with Gasteiger partial charge in [0.15, 0.2) is 12.0 Å². The van der Waals surface area contributed by atoms with Crippen LogP contribution in [0.4, 0.5) is 10.3 Å². The minimum atomic E-state index is -0.420. The Morgan fingerprint density at radius 3 is 2.52 bits per heavy atom. The number of aliphatic imine (C=N–C) groups is 1. The average Bonchev–Trinajstić information content (AvgIpc) is 3.01. The zero-order chi connectivity index (χ0) is 15.8. The van der Waals surface area contributed by atoms with Gasteiger partial charge in [-0.25, -0.2) is 9.38 Å². The van der Waals surface area contributed by atoms with Gasteiger partial charge in [-0.1, -0.05) is 42.5 Å². The first-order valence-electron chi connectivity index (χ1n) is 7.09. The number of aromatic nitrogens is 3. The van der Waals surface area contributed by atoms with Gasteiger partial charge < -0.3 is 11.1 Å². The largest absolute Gasteiger partial charge is 0.368 e. The van der Waals surface area contributed by atoms with Crippen molar-refractivity contribution < 1.29 is 4.39 Å². The van der Waals surface area contributed by atoms with Gasteiger partial charge in [0.1, 0.15) is 5.82 Å². The van der Waals surface area contributed by atoms with Crippen LogP contribution in [0.5, 0.6) is 0 Å². The van der Waals surface area contributed by atoms with Crippen LogP contribution >= 0.6 is 0 Å². The van der Waals surface area contributed by atoms with Gasteiger partial charge in [-0.3, -0.25) is 0 Å². The lowest BCUT2D eigenvalue weighted by atomic mass is 10.1. The molecule has 1 aliphatic rings. The maximum Gasteiger partial charge on any atom is 0.231 e. The van der Waals surface area contributed by atoms with Gasteiger partial charge >= 0.3 is 0 Å². The summed E-state index contributed by atoms with van der Waals surface area (Å²) in [5.41, 5.74) is 7.68. The molecule has 114 valence electrons. The molecule has 4 rings (SSSR count). The van der Waals surface area contributed by atoms with Gasteiger partial charge in [-0.2, -0.15) is 9.67 Å². The van der Waals surface area contributed by atoms with Crippen molar-refractivity contribution in [3.63, 3.8) is 0 Å². The highest BCUT2D eigenvalue weighted by molar-refractivity contribution is 5.84. The van der Waals surface area contributed by atoms with Crippen molar-refractivity contribution in [1.29, 1.82) is 0 Å². The molecule has 0 saturated heterocycles. The van der Waals surface area contributed by atoms with Gasteiger partial charge in [0.05, 0.1) is 0 Å². The first kappa shape index (κ1) is 13.4. The Balaban J connectivity index is 1.70. The van der Waals surface area contributed by atoms with E-state index in [0.717, 1.165) is 11.1 Å². The molecule has 0 bridgehead atoms. The predicted octanol–water partition coefficient (Wildman–Crippen LogP) is 2.37. The molecule has 2 heterocycles. The number of nitrogens with one attached hydrogen (secondary N) is 1. The molecule has 1 atom stereocenters. The van der Waals surface area contributed by atoms with Gasteiger partial charge in [-0.15, -0.1) is 5.10 Å². The Kier molecular flexibility index (Phi) is 3.04. The van der Waals surface area contributed by atoms with Crippen molar-refractivity contribution in [2.24, 2.45) is 10.7 Å². The molecule has 7 heteroatoms. The zero-order valence-corrected chi connectivity index (χ0v) is 12.0. The minimum Gasteiger partial charge on any atom is -0.368 e. The maximum absolute atomic E-state index is 13.1. The number of nitrogens with zero attached hydrogens (tertiary/aromatic N) is 4. The predicted molar refractivity (Wildman–Crippen MR) is 85.2 cm³/mol. The number of halogens is 1. The van der Waals surface area contributed by atoms with Crippen LogP contribution in [0, 0.1) is 5.82 Å². The average molecular weight is 308 g/mol. The Hall–Kier alpha value is -3.22. The lowest BCUT2D eigenvalue weighted by molar-refractivity contribution is 0.625. The number of anilines is 1. The highest BCUT2D eigenvalue weighted by Gasteiger charge is 2.23. The summed E-state index contributed by atoms with van der Waals surface area (Å²) in [5.74, 6) is 1.01. The monoisotopic (exact) mass is 308 g/mol. The van der Waals surface area contributed by atoms with E-state index in [1.807, 2.05) is 30.3 Å². The first-order valence-corrected chi connectivity index (χ1v) is 7.09. The highest BCUT2D eigenvalue weighted by atomic mass is 19.1. The van der Waals surface area contributed by atoms with Crippen LogP contribution in [0.3, 0.4) is 0 Å². The van der Waals surface area contributed by atoms with Crippen LogP contribution in [0.1, 0.15) is 11.7 Å². The third-order valence-corrected chi connectivity index (χ3v) is 3.57. The second-order valence-corrected chi connectivity index (χ2v) is 5.12. The topological polar surface area (TPSA) is 81.1 Å². The van der Waals surface area contributed by atoms with Crippen LogP contribution in [0.25, 0.3) is 11.4 Å². The molecule has 3 aromatic rings. The molecule has 0 spiro atoms. The lowest BCUT2D eigenvalue weighted by Crippen LogP contribution is -2.32. The molecule has 2 aromatic carbocycles. The summed E-state index contributed by atoms with van der Waals surface area (Å²) in [7, 11) is 0. The van der Waals surface area contributed by atoms with Crippen molar-refractivity contribution in [3.05, 3.63) is 66.0 Å². The van der Waals surface area contributed by atoms with Gasteiger partial charge in [0.25, 0.3) is 0 Å². The fourth-order valence-electron chi connectivity index (χ4n) is 2.42. The first-order chi connectivity index (χ1) is 11.2. The molecular weight excluding hydrogens is 295 g/mol. The third-order valence-electron chi connectivity index (χ3n) is 3.57. The summed E-state index contributed by atoms with van der Waals surface area (Å²) in [4.78, 5) is 8.82. The Labute approximate surface area is 131 Å². The molecule has 3 N–H and O–H groups in total. The summed E-state index contributed by atoms with van der Waals surface area (Å²) >= 11 is 0. The highest BCUT2D eigenvalue weighted by Crippen LogP contribution is 2.26. The molecule has 0 radical (unpaired) electrons. The number of fused-ring (bicyclic) bond motifs is 1. The Morgan fingerprint density at radius 1 is 1.04 bits per heavy atom. The van der Waals surface area contributed by atoms with Gasteiger partial charge in [0.2, 0.25) is 11.9 Å². The Morgan fingerprint density at radius 2 is 1.78 bits per heavy atom. The third kappa shape index (κ3) is 2.42. The van der Waals surface area contributed by atoms with Crippen molar-refractivity contribution in [1.82, 2.24) is 14.8 Å². The molecule has 1 aliphatic heterocycles. The summed E-state index contributed by atoms with van der Waals surface area (Å²) in [6.07, 6.45) is -0.420. The molecule has 6 nitrogen and oxygen atoms in total. The second kappa shape index (κ2) is 5.20. The Bertz CT molecular complexity index is 869. The van der Waals surface area contributed by atoms with E-state index in [2.05, 4.69) is 20.4 Å². The molecule has 1 unspecified atom stereocenters. The van der Waals surface area contributed by atoms with Crippen molar-refractivity contribution in [3.8, 4) is 11.4 Å². The van der Waals surface area contributed by atoms with Crippen LogP contribution in [-0.2, 0) is 0 Å². The number of nitrogens with two attached hydrogens (primary N) is 1. The van der Waals surface area contributed by atoms with E-state index in [4.69, 9.17) is 5.73 Å². The normalized spacial score (nSPS) is 16.4. The van der Waals surface area contributed by atoms with E-state index in [9.17, 15) is 4.39 Å². The fourth-order valence-corrected chi connectivity index (χ4v) is 2.42. The van der Waals surface area contributed by atoms with E-state index in [0.29, 0.717) is 11.8 Å². The zero-order valence-electron chi connectivity index (χ0n) is 12.0. The fraction of sp³-hybridized carbons (Fsp3) is 0.0625. The van der Waals surface area contributed by atoms with Crippen LogP contribution in [-0.4, -0.2) is 20.7 Å². The number of hydrogen-bond donors (Lipinski definition) is 2. The standard InChI is InChI=1S/C16H13FN6/c17-12-8-6-11(7-9-12)13-19-15(18)23-16(20-13)21-14(22-23)10-4-2-1-3-5-10/h1-9,13H,(H2,18,19)(H,20,21,22). The molecule has 1 aromatic heterocycles. The number of hydrogen-bond acceptors (Lipinski definition) is 5. The van der Waals surface area contributed by atoms with Crippen molar-refractivity contribution in [2.45, 2.75) is 6.17 Å². The number of rotatable bonds is 2. The molecule has 0 saturated carbocycles. The lowest BCUT2D eigenvalue weighted by Gasteiger charge is -2.21. The second-order valence-electron chi connectivity index (χ2n) is 5.12. The van der Waals surface area contributed by atoms with Crippen molar-refractivity contribution >= 4 is 11.9 Å². The SMILES string of the molecule is NC1=NC(c2ccc(F)cc2)Nc2nc(-c3ccccc3)nn21. The molecule has 23 heavy (non-hydrogen) atoms. The van der Waals surface area contributed by atoms with Gasteiger partial charge in [-0.05, 0) is 17.7 Å². The summed E-state index contributed by atoms with van der Waals surface area (Å²) in [5, 5.41) is 7.52. The van der Waals surface area contributed by atoms with E-state index in [1.165, 1.54) is 16.8 Å². The van der Waals surface area contributed by atoms with E-state index >= 15 is 0 Å². The minimum absolute atomic E-state index is 0.239. The quantitative estimate of drug-likeness (QED) is 0.761. The summed E-state index contributed by atoms with van der Waals surface area (Å²) in [6.45, 7) is 0. The van der Waals surface area contributed by atoms with Crippen molar-refractivity contribution in [2.75, 3.05) is 5.32 Å². The molecule has 0 aliphatic carbocycles. The maximum atomic E-state index is 13.1. The van der Waals surface area contributed by atoms with Crippen LogP contribution < -0.4 is 11.1 Å². The van der Waals surface area contributed by atoms with E-state index in [1.54, 1.807) is 12.1 Å². The summed E-state index contributed by atoms with van der Waals surface area (Å²) < 4.78 is 14.5. The van der Waals surface area contributed by atoms with Gasteiger partial charge in [0, 0.05) is 5.56 Å².